The molecule has 3 aromatic rings. The summed E-state index contributed by atoms with van der Waals surface area (Å²) in [6.45, 7) is 7.57. The summed E-state index contributed by atoms with van der Waals surface area (Å²) in [5.74, 6) is -0.942. The predicted molar refractivity (Wildman–Crippen MR) is 177 cm³/mol. The fraction of sp³-hybridized carbons (Fsp3) is 0.303. The maximum Gasteiger partial charge on any atom is 0.348 e. The molecule has 0 radical (unpaired) electrons. The Morgan fingerprint density at radius 3 is 2.32 bits per heavy atom. The Kier molecular flexibility index (Phi) is 7.36. The first kappa shape index (κ1) is 29.5. The van der Waals surface area contributed by atoms with Gasteiger partial charge in [-0.1, -0.05) is 46.4 Å². The minimum Gasteiger partial charge on any atom is -0.478 e. The van der Waals surface area contributed by atoms with Gasteiger partial charge in [0.05, 0.1) is 37.1 Å². The van der Waals surface area contributed by atoms with E-state index >= 15 is 0 Å². The summed E-state index contributed by atoms with van der Waals surface area (Å²) in [5.41, 5.74) is 3.66. The number of anilines is 1. The third kappa shape index (κ3) is 4.27. The molecule has 0 amide bonds. The molecular weight excluding hydrogens is 646 g/mol. The highest BCUT2D eigenvalue weighted by Crippen LogP contribution is 2.51. The van der Waals surface area contributed by atoms with E-state index in [1.54, 1.807) is 6.07 Å². The number of fused-ring (bicyclic) bond motifs is 5. The number of aryl methyl sites for hydroxylation is 2. The van der Waals surface area contributed by atoms with Gasteiger partial charge in [-0.3, -0.25) is 0 Å². The Bertz CT molecular complexity index is 2160. The number of nitrogens with zero attached hydrogens (tertiary/aromatic N) is 2. The van der Waals surface area contributed by atoms with Crippen molar-refractivity contribution in [1.29, 1.82) is 0 Å². The van der Waals surface area contributed by atoms with E-state index in [9.17, 15) is 14.7 Å². The molecule has 1 aliphatic carbocycles. The normalized spacial score (nSPS) is 14.5. The van der Waals surface area contributed by atoms with Crippen LogP contribution in [-0.4, -0.2) is 37.3 Å². The van der Waals surface area contributed by atoms with Crippen LogP contribution in [0.5, 0.6) is 0 Å². The third-order valence-electron chi connectivity index (χ3n) is 8.90. The summed E-state index contributed by atoms with van der Waals surface area (Å²) in [5, 5.41) is 11.2. The molecule has 0 atom stereocenters. The molecule has 4 aliphatic rings. The zero-order valence-electron chi connectivity index (χ0n) is 24.0. The van der Waals surface area contributed by atoms with Crippen molar-refractivity contribution in [3.8, 4) is 22.5 Å². The van der Waals surface area contributed by atoms with E-state index in [0.29, 0.717) is 22.3 Å². The SMILES string of the molecule is CC[N+](CC)=c1ccc2c(-c3c(Cl)c(Cl)c(Cl)c(Cl)c3C(=O)O)c3c(=O)oc4c5c6c(cc4c3oc-2c1)CCCN6CCC5. The molecule has 0 spiro atoms. The number of halogens is 4. The van der Waals surface area contributed by atoms with E-state index in [-0.39, 0.29) is 47.8 Å². The van der Waals surface area contributed by atoms with Crippen molar-refractivity contribution in [3.63, 3.8) is 0 Å². The van der Waals surface area contributed by atoms with Crippen molar-refractivity contribution < 1.29 is 18.7 Å². The van der Waals surface area contributed by atoms with Crippen molar-refractivity contribution in [2.75, 3.05) is 31.1 Å². The number of hydrogen-bond donors (Lipinski definition) is 1. The third-order valence-corrected chi connectivity index (χ3v) is 10.7. The lowest BCUT2D eigenvalue weighted by Crippen LogP contribution is -2.34. The van der Waals surface area contributed by atoms with Gasteiger partial charge in [-0.25, -0.2) is 14.2 Å². The Balaban J connectivity index is 1.74. The second kappa shape index (κ2) is 11.0. The molecule has 7 rings (SSSR count). The summed E-state index contributed by atoms with van der Waals surface area (Å²) in [4.78, 5) is 29.2. The summed E-state index contributed by atoms with van der Waals surface area (Å²) >= 11 is 26.2. The summed E-state index contributed by atoms with van der Waals surface area (Å²) in [6, 6.07) is 7.62. The highest BCUT2D eigenvalue weighted by molar-refractivity contribution is 6.54. The van der Waals surface area contributed by atoms with E-state index in [1.807, 2.05) is 18.2 Å². The van der Waals surface area contributed by atoms with Gasteiger partial charge in [0.1, 0.15) is 29.8 Å². The van der Waals surface area contributed by atoms with Gasteiger partial charge in [-0.05, 0) is 57.2 Å². The van der Waals surface area contributed by atoms with Gasteiger partial charge in [0, 0.05) is 47.1 Å². The van der Waals surface area contributed by atoms with Crippen LogP contribution in [0.2, 0.25) is 20.1 Å². The van der Waals surface area contributed by atoms with Crippen LogP contribution in [0.4, 0.5) is 5.69 Å². The number of rotatable bonds is 4. The quantitative estimate of drug-likeness (QED) is 0.0518. The Morgan fingerprint density at radius 2 is 1.61 bits per heavy atom. The lowest BCUT2D eigenvalue weighted by atomic mass is 9.88. The van der Waals surface area contributed by atoms with Crippen LogP contribution in [0.3, 0.4) is 0 Å². The van der Waals surface area contributed by atoms with Gasteiger partial charge in [-0.15, -0.1) is 0 Å². The molecule has 7 nitrogen and oxygen atoms in total. The molecule has 0 bridgehead atoms. The molecule has 2 aromatic carbocycles. The van der Waals surface area contributed by atoms with Gasteiger partial charge in [-0.2, -0.15) is 0 Å². The molecule has 4 heterocycles. The monoisotopic (exact) mass is 671 g/mol. The van der Waals surface area contributed by atoms with E-state index in [0.717, 1.165) is 68.5 Å². The number of aromatic carboxylic acids is 1. The topological polar surface area (TPSA) is 86.9 Å². The van der Waals surface area contributed by atoms with Crippen LogP contribution in [0, 0.1) is 0 Å². The van der Waals surface area contributed by atoms with Crippen LogP contribution < -0.4 is 20.5 Å². The Labute approximate surface area is 272 Å². The Hall–Kier alpha value is -3.23. The standard InChI is InChI=1S/C33H26Cl4N2O5/c1-3-38(4-2)16-9-10-17-20(14-16)43-31-19-13-15-7-5-11-39-12-6-8-18(29(15)39)30(19)44-33(42)24(31)21(17)22-23(32(40)41)26(35)28(37)27(36)25(22)34/h9-10,13-14H,3-8,11-12H2,1-2H3/p+1. The maximum absolute atomic E-state index is 14.1. The smallest absolute Gasteiger partial charge is 0.348 e. The van der Waals surface area contributed by atoms with E-state index in [4.69, 9.17) is 55.2 Å². The van der Waals surface area contributed by atoms with E-state index in [1.165, 1.54) is 5.56 Å². The number of carboxylic acid groups (broad SMARTS) is 1. The van der Waals surface area contributed by atoms with Gasteiger partial charge >= 0.3 is 11.6 Å². The van der Waals surface area contributed by atoms with Crippen molar-refractivity contribution in [2.45, 2.75) is 39.5 Å². The molecule has 11 heteroatoms. The fourth-order valence-corrected chi connectivity index (χ4v) is 8.00. The average molecular weight is 673 g/mol. The first-order chi connectivity index (χ1) is 21.2. The maximum atomic E-state index is 14.1. The highest BCUT2D eigenvalue weighted by Gasteiger charge is 2.34. The summed E-state index contributed by atoms with van der Waals surface area (Å²) in [6.07, 6.45) is 3.62. The largest absolute Gasteiger partial charge is 0.478 e. The molecule has 1 N–H and O–H groups in total. The molecule has 1 aromatic heterocycles. The molecule has 226 valence electrons. The van der Waals surface area contributed by atoms with Gasteiger partial charge in [0.25, 0.3) is 0 Å². The first-order valence-electron chi connectivity index (χ1n) is 14.6. The number of hydrogen-bond acceptors (Lipinski definition) is 5. The molecule has 0 fully saturated rings. The molecule has 3 aliphatic heterocycles. The molecular formula is C33H27Cl4N2O5+. The zero-order chi connectivity index (χ0) is 31.0. The number of carboxylic acids is 1. The lowest BCUT2D eigenvalue weighted by molar-refractivity contribution is 0.0698. The number of benzene rings is 3. The highest BCUT2D eigenvalue weighted by atomic mass is 35.5. The average Bonchev–Trinajstić information content (AvgIpc) is 3.02. The number of carbonyl (C=O) groups is 1. The van der Waals surface area contributed by atoms with Crippen LogP contribution in [0.15, 0.2) is 37.9 Å². The van der Waals surface area contributed by atoms with E-state index in [2.05, 4.69) is 23.3 Å². The molecule has 0 saturated heterocycles. The molecule has 44 heavy (non-hydrogen) atoms. The molecule has 0 saturated carbocycles. The first-order valence-corrected chi connectivity index (χ1v) is 16.1. The van der Waals surface area contributed by atoms with Crippen molar-refractivity contribution in [1.82, 2.24) is 4.58 Å². The predicted octanol–water partition coefficient (Wildman–Crippen LogP) is 8.13. The molecule has 0 unspecified atom stereocenters. The van der Waals surface area contributed by atoms with Gasteiger partial charge in [0.2, 0.25) is 5.36 Å². The summed E-state index contributed by atoms with van der Waals surface area (Å²) < 4.78 is 15.0. The van der Waals surface area contributed by atoms with Gasteiger partial charge in [0.15, 0.2) is 5.58 Å². The van der Waals surface area contributed by atoms with Crippen LogP contribution in [-0.2, 0) is 12.8 Å². The van der Waals surface area contributed by atoms with Gasteiger partial charge < -0.3 is 18.8 Å². The van der Waals surface area contributed by atoms with Crippen molar-refractivity contribution >= 4 is 80.0 Å². The van der Waals surface area contributed by atoms with Crippen molar-refractivity contribution in [2.24, 2.45) is 0 Å². The Morgan fingerprint density at radius 1 is 0.909 bits per heavy atom. The van der Waals surface area contributed by atoms with Crippen LogP contribution >= 0.6 is 46.4 Å². The summed E-state index contributed by atoms with van der Waals surface area (Å²) in [7, 11) is 0. The minimum absolute atomic E-state index is 0.0305. The van der Waals surface area contributed by atoms with Crippen molar-refractivity contribution in [3.05, 3.63) is 76.8 Å². The van der Waals surface area contributed by atoms with E-state index < -0.39 is 11.6 Å². The van der Waals surface area contributed by atoms with Crippen LogP contribution in [0.1, 0.15) is 48.2 Å². The van der Waals surface area contributed by atoms with Crippen LogP contribution in [0.25, 0.3) is 44.4 Å². The second-order valence-electron chi connectivity index (χ2n) is 11.2. The zero-order valence-corrected chi connectivity index (χ0v) is 27.0. The lowest BCUT2D eigenvalue weighted by Gasteiger charge is -2.37. The minimum atomic E-state index is -1.38. The fourth-order valence-electron chi connectivity index (χ4n) is 6.97. The second-order valence-corrected chi connectivity index (χ2v) is 12.7.